The van der Waals surface area contributed by atoms with Crippen LogP contribution in [0.1, 0.15) is 17.2 Å². The van der Waals surface area contributed by atoms with E-state index >= 15 is 0 Å². The summed E-state index contributed by atoms with van der Waals surface area (Å²) in [5, 5.41) is 0.0534. The fourth-order valence-electron chi connectivity index (χ4n) is 1.82. The van der Waals surface area contributed by atoms with E-state index in [1.165, 1.54) is 6.07 Å². The summed E-state index contributed by atoms with van der Waals surface area (Å²) in [7, 11) is 1.59. The molecule has 0 aromatic heterocycles. The Morgan fingerprint density at radius 1 is 1.26 bits per heavy atom. The lowest BCUT2D eigenvalue weighted by molar-refractivity contribution is 0.414. The first-order chi connectivity index (χ1) is 9.04. The number of methoxy groups -OCH3 is 1. The van der Waals surface area contributed by atoms with Crippen LogP contribution in [-0.2, 0) is 0 Å². The zero-order valence-corrected chi connectivity index (χ0v) is 12.5. The van der Waals surface area contributed by atoms with Crippen LogP contribution in [0.25, 0.3) is 0 Å². The van der Waals surface area contributed by atoms with Crippen molar-refractivity contribution in [2.24, 2.45) is 5.73 Å². The molecule has 0 aliphatic carbocycles. The molecule has 0 spiro atoms. The van der Waals surface area contributed by atoms with E-state index in [1.807, 2.05) is 12.1 Å². The van der Waals surface area contributed by atoms with E-state index in [9.17, 15) is 4.39 Å². The summed E-state index contributed by atoms with van der Waals surface area (Å²) in [5.74, 6) is 0.243. The molecule has 5 heteroatoms. The standard InChI is InChI=1S/C14H12BrClFNO/c1-19-8-5-6-9(11(15)7-8)14(18)10-3-2-4-12(17)13(10)16/h2-7,14H,18H2,1H3. The minimum absolute atomic E-state index is 0.0534. The maximum absolute atomic E-state index is 13.5. The molecule has 0 bridgehead atoms. The molecule has 2 aromatic carbocycles. The van der Waals surface area contributed by atoms with E-state index in [1.54, 1.807) is 25.3 Å². The lowest BCUT2D eigenvalue weighted by Crippen LogP contribution is -2.13. The zero-order chi connectivity index (χ0) is 14.0. The van der Waals surface area contributed by atoms with Gasteiger partial charge in [0.2, 0.25) is 0 Å². The van der Waals surface area contributed by atoms with Crippen molar-refractivity contribution in [2.45, 2.75) is 6.04 Å². The van der Waals surface area contributed by atoms with Gasteiger partial charge in [-0.05, 0) is 29.3 Å². The van der Waals surface area contributed by atoms with Gasteiger partial charge in [0.15, 0.2) is 0 Å². The maximum Gasteiger partial charge on any atom is 0.142 e. The van der Waals surface area contributed by atoms with Gasteiger partial charge in [-0.15, -0.1) is 0 Å². The highest BCUT2D eigenvalue weighted by Gasteiger charge is 2.17. The number of nitrogens with two attached hydrogens (primary N) is 1. The predicted molar refractivity (Wildman–Crippen MR) is 78.1 cm³/mol. The molecule has 19 heavy (non-hydrogen) atoms. The van der Waals surface area contributed by atoms with Gasteiger partial charge in [-0.25, -0.2) is 4.39 Å². The minimum atomic E-state index is -0.511. The number of hydrogen-bond acceptors (Lipinski definition) is 2. The Bertz CT molecular complexity index is 606. The first-order valence-corrected chi connectivity index (χ1v) is 6.74. The van der Waals surface area contributed by atoms with Gasteiger partial charge in [-0.1, -0.05) is 45.7 Å². The molecule has 0 aliphatic rings. The molecule has 0 aliphatic heterocycles. The van der Waals surface area contributed by atoms with E-state index in [0.29, 0.717) is 11.3 Å². The second-order valence-corrected chi connectivity index (χ2v) is 5.24. The molecule has 0 amide bonds. The third-order valence-electron chi connectivity index (χ3n) is 2.86. The Morgan fingerprint density at radius 2 is 2.00 bits per heavy atom. The first-order valence-electron chi connectivity index (χ1n) is 5.57. The minimum Gasteiger partial charge on any atom is -0.497 e. The molecule has 0 saturated carbocycles. The Hall–Kier alpha value is -1.10. The second kappa shape index (κ2) is 5.90. The third kappa shape index (κ3) is 2.91. The Morgan fingerprint density at radius 3 is 2.63 bits per heavy atom. The highest BCUT2D eigenvalue weighted by Crippen LogP contribution is 2.33. The highest BCUT2D eigenvalue weighted by molar-refractivity contribution is 9.10. The fraction of sp³-hybridized carbons (Fsp3) is 0.143. The summed E-state index contributed by atoms with van der Waals surface area (Å²) in [4.78, 5) is 0. The van der Waals surface area contributed by atoms with E-state index in [4.69, 9.17) is 22.1 Å². The summed E-state index contributed by atoms with van der Waals surface area (Å²) >= 11 is 9.39. The highest BCUT2D eigenvalue weighted by atomic mass is 79.9. The average molecular weight is 345 g/mol. The van der Waals surface area contributed by atoms with Gasteiger partial charge in [0.1, 0.15) is 11.6 Å². The van der Waals surface area contributed by atoms with Crippen molar-refractivity contribution in [3.8, 4) is 5.75 Å². The summed E-state index contributed by atoms with van der Waals surface area (Å²) in [6, 6.07) is 9.54. The lowest BCUT2D eigenvalue weighted by Gasteiger charge is -2.16. The largest absolute Gasteiger partial charge is 0.497 e. The van der Waals surface area contributed by atoms with E-state index in [2.05, 4.69) is 15.9 Å². The molecule has 2 rings (SSSR count). The molecule has 1 atom stereocenters. The van der Waals surface area contributed by atoms with Gasteiger partial charge in [0.05, 0.1) is 18.2 Å². The van der Waals surface area contributed by atoms with Gasteiger partial charge in [0, 0.05) is 4.47 Å². The number of hydrogen-bond donors (Lipinski definition) is 1. The molecule has 0 heterocycles. The third-order valence-corrected chi connectivity index (χ3v) is 3.94. The molecule has 2 N–H and O–H groups in total. The van der Waals surface area contributed by atoms with Crippen molar-refractivity contribution in [1.82, 2.24) is 0 Å². The molecule has 0 radical (unpaired) electrons. The smallest absolute Gasteiger partial charge is 0.142 e. The lowest BCUT2D eigenvalue weighted by atomic mass is 9.99. The molecule has 2 aromatic rings. The number of halogens is 3. The van der Waals surface area contributed by atoms with E-state index < -0.39 is 11.9 Å². The van der Waals surface area contributed by atoms with Crippen LogP contribution in [0.2, 0.25) is 5.02 Å². The molecule has 2 nitrogen and oxygen atoms in total. The van der Waals surface area contributed by atoms with Crippen LogP contribution >= 0.6 is 27.5 Å². The van der Waals surface area contributed by atoms with Gasteiger partial charge >= 0.3 is 0 Å². The van der Waals surface area contributed by atoms with Crippen LogP contribution in [0.4, 0.5) is 4.39 Å². The van der Waals surface area contributed by atoms with Crippen molar-refractivity contribution in [3.63, 3.8) is 0 Å². The van der Waals surface area contributed by atoms with Crippen LogP contribution in [-0.4, -0.2) is 7.11 Å². The van der Waals surface area contributed by atoms with E-state index in [0.717, 1.165) is 10.0 Å². The molecule has 0 saturated heterocycles. The van der Waals surface area contributed by atoms with Gasteiger partial charge in [-0.3, -0.25) is 0 Å². The summed E-state index contributed by atoms with van der Waals surface area (Å²) in [6.45, 7) is 0. The predicted octanol–water partition coefficient (Wildman–Crippen LogP) is 4.30. The molecular weight excluding hydrogens is 333 g/mol. The summed E-state index contributed by atoms with van der Waals surface area (Å²) in [6.07, 6.45) is 0. The van der Waals surface area contributed by atoms with Crippen molar-refractivity contribution < 1.29 is 9.13 Å². The SMILES string of the molecule is COc1ccc(C(N)c2cccc(F)c2Cl)c(Br)c1. The van der Waals surface area contributed by atoms with Crippen molar-refractivity contribution in [2.75, 3.05) is 7.11 Å². The van der Waals surface area contributed by atoms with E-state index in [-0.39, 0.29) is 5.02 Å². The average Bonchev–Trinajstić information content (AvgIpc) is 2.41. The van der Waals surface area contributed by atoms with Crippen LogP contribution in [0.15, 0.2) is 40.9 Å². The van der Waals surface area contributed by atoms with Crippen LogP contribution in [0.5, 0.6) is 5.75 Å². The molecule has 100 valence electrons. The summed E-state index contributed by atoms with van der Waals surface area (Å²) < 4.78 is 19.4. The van der Waals surface area contributed by atoms with Crippen molar-refractivity contribution in [3.05, 3.63) is 62.8 Å². The zero-order valence-electron chi connectivity index (χ0n) is 10.2. The second-order valence-electron chi connectivity index (χ2n) is 4.01. The summed E-state index contributed by atoms with van der Waals surface area (Å²) in [5.41, 5.74) is 7.52. The Balaban J connectivity index is 2.44. The van der Waals surface area contributed by atoms with Crippen LogP contribution < -0.4 is 10.5 Å². The number of rotatable bonds is 3. The van der Waals surface area contributed by atoms with Crippen molar-refractivity contribution in [1.29, 1.82) is 0 Å². The van der Waals surface area contributed by atoms with Gasteiger partial charge in [0.25, 0.3) is 0 Å². The van der Waals surface area contributed by atoms with Crippen LogP contribution in [0, 0.1) is 5.82 Å². The van der Waals surface area contributed by atoms with Gasteiger partial charge < -0.3 is 10.5 Å². The van der Waals surface area contributed by atoms with Crippen molar-refractivity contribution >= 4 is 27.5 Å². The Kier molecular flexibility index (Phi) is 4.45. The molecule has 0 fully saturated rings. The number of ether oxygens (including phenoxy) is 1. The first kappa shape index (κ1) is 14.3. The molecule has 1 unspecified atom stereocenters. The monoisotopic (exact) mass is 343 g/mol. The fourth-order valence-corrected chi connectivity index (χ4v) is 2.66. The molecular formula is C14H12BrClFNO. The topological polar surface area (TPSA) is 35.2 Å². The van der Waals surface area contributed by atoms with Gasteiger partial charge in [-0.2, -0.15) is 0 Å². The normalized spacial score (nSPS) is 12.3. The number of benzene rings is 2. The van der Waals surface area contributed by atoms with Crippen LogP contribution in [0.3, 0.4) is 0 Å². The maximum atomic E-state index is 13.5. The Labute approximate surface area is 124 Å². The quantitative estimate of drug-likeness (QED) is 0.901.